The van der Waals surface area contributed by atoms with Crippen LogP contribution in [0, 0.1) is 5.92 Å². The zero-order valence-electron chi connectivity index (χ0n) is 13.9. The third kappa shape index (κ3) is 4.91. The van der Waals surface area contributed by atoms with Crippen molar-refractivity contribution >= 4 is 11.8 Å². The Morgan fingerprint density at radius 3 is 2.77 bits per heavy atom. The van der Waals surface area contributed by atoms with Crippen LogP contribution in [0.3, 0.4) is 0 Å². The second kappa shape index (κ2) is 7.01. The van der Waals surface area contributed by atoms with Gasteiger partial charge in [0.25, 0.3) is 0 Å². The highest BCUT2D eigenvalue weighted by Gasteiger charge is 2.19. The summed E-state index contributed by atoms with van der Waals surface area (Å²) >= 11 is 0. The lowest BCUT2D eigenvalue weighted by Gasteiger charge is -2.20. The van der Waals surface area contributed by atoms with Gasteiger partial charge in [0.05, 0.1) is 12.8 Å². The minimum absolute atomic E-state index is 0.474. The summed E-state index contributed by atoms with van der Waals surface area (Å²) in [4.78, 5) is 11.9. The molecular formula is C17H26N2O3. The van der Waals surface area contributed by atoms with E-state index in [1.54, 1.807) is 7.11 Å². The highest BCUT2D eigenvalue weighted by Crippen LogP contribution is 2.28. The van der Waals surface area contributed by atoms with Crippen molar-refractivity contribution in [3.05, 3.63) is 23.8 Å². The number of benzene rings is 1. The molecule has 0 saturated carbocycles. The van der Waals surface area contributed by atoms with E-state index in [2.05, 4.69) is 10.6 Å². The molecule has 0 bridgehead atoms. The Bertz CT molecular complexity index is 517. The summed E-state index contributed by atoms with van der Waals surface area (Å²) < 4.78 is 10.7. The van der Waals surface area contributed by atoms with Crippen LogP contribution in [-0.4, -0.2) is 31.9 Å². The molecule has 1 fully saturated rings. The third-order valence-corrected chi connectivity index (χ3v) is 3.59. The van der Waals surface area contributed by atoms with E-state index in [-0.39, 0.29) is 0 Å². The number of hydrogen-bond donors (Lipinski definition) is 2. The summed E-state index contributed by atoms with van der Waals surface area (Å²) in [6.07, 6.45) is 1.76. The van der Waals surface area contributed by atoms with Crippen molar-refractivity contribution < 1.29 is 14.3 Å². The molecule has 1 aromatic rings. The number of nitrogens with one attached hydrogen (secondary N) is 2. The van der Waals surface area contributed by atoms with Crippen molar-refractivity contribution in [3.63, 3.8) is 0 Å². The molecule has 0 spiro atoms. The lowest BCUT2D eigenvalue weighted by atomic mass is 9.98. The lowest BCUT2D eigenvalue weighted by Crippen LogP contribution is -2.27. The van der Waals surface area contributed by atoms with Gasteiger partial charge in [-0.15, -0.1) is 0 Å². The van der Waals surface area contributed by atoms with Crippen molar-refractivity contribution in [1.29, 1.82) is 0 Å². The van der Waals surface area contributed by atoms with Gasteiger partial charge in [-0.3, -0.25) is 5.32 Å². The normalized spacial score (nSPS) is 18.1. The van der Waals surface area contributed by atoms with Crippen LogP contribution in [0.1, 0.15) is 32.8 Å². The van der Waals surface area contributed by atoms with Crippen LogP contribution in [0.15, 0.2) is 18.2 Å². The first-order valence-corrected chi connectivity index (χ1v) is 7.75. The van der Waals surface area contributed by atoms with Gasteiger partial charge in [0.2, 0.25) is 0 Å². The molecule has 1 aromatic carbocycles. The molecule has 0 aliphatic carbocycles. The molecule has 0 aromatic heterocycles. The molecule has 1 aliphatic heterocycles. The maximum absolute atomic E-state index is 11.9. The molecule has 122 valence electrons. The van der Waals surface area contributed by atoms with E-state index in [0.29, 0.717) is 17.4 Å². The van der Waals surface area contributed by atoms with Gasteiger partial charge < -0.3 is 14.8 Å². The van der Waals surface area contributed by atoms with Gasteiger partial charge in [-0.2, -0.15) is 0 Å². The van der Waals surface area contributed by atoms with E-state index < -0.39 is 11.7 Å². The number of carbonyl (C=O) groups is 1. The largest absolute Gasteiger partial charge is 0.495 e. The average molecular weight is 306 g/mol. The van der Waals surface area contributed by atoms with Gasteiger partial charge in [0.1, 0.15) is 11.4 Å². The van der Waals surface area contributed by atoms with Crippen LogP contribution >= 0.6 is 0 Å². The molecule has 1 amide bonds. The molecule has 22 heavy (non-hydrogen) atoms. The van der Waals surface area contributed by atoms with Crippen LogP contribution < -0.4 is 15.4 Å². The number of hydrogen-bond acceptors (Lipinski definition) is 4. The Kier molecular flexibility index (Phi) is 5.29. The molecule has 1 saturated heterocycles. The predicted octanol–water partition coefficient (Wildman–Crippen LogP) is 3.19. The second-order valence-electron chi connectivity index (χ2n) is 6.72. The average Bonchev–Trinajstić information content (AvgIpc) is 2.91. The van der Waals surface area contributed by atoms with Crippen molar-refractivity contribution in [2.24, 2.45) is 5.92 Å². The maximum Gasteiger partial charge on any atom is 0.412 e. The molecule has 2 N–H and O–H groups in total. The van der Waals surface area contributed by atoms with Gasteiger partial charge >= 0.3 is 6.09 Å². The van der Waals surface area contributed by atoms with Gasteiger partial charge in [-0.05, 0) is 70.3 Å². The zero-order valence-corrected chi connectivity index (χ0v) is 13.9. The Hall–Kier alpha value is -1.75. The second-order valence-corrected chi connectivity index (χ2v) is 6.72. The first-order valence-electron chi connectivity index (χ1n) is 7.75. The molecule has 1 aliphatic rings. The lowest BCUT2D eigenvalue weighted by molar-refractivity contribution is 0.0635. The summed E-state index contributed by atoms with van der Waals surface area (Å²) in [6.45, 7) is 7.67. The standard InChI is InChI=1S/C17H26N2O3/c1-17(2,3)22-16(20)19-14-6-5-12(10-15(14)21-4)9-13-7-8-18-11-13/h5-6,10,13,18H,7-9,11H2,1-4H3,(H,19,20). The van der Waals surface area contributed by atoms with E-state index >= 15 is 0 Å². The van der Waals surface area contributed by atoms with Gasteiger partial charge in [0.15, 0.2) is 0 Å². The first-order chi connectivity index (χ1) is 10.4. The minimum Gasteiger partial charge on any atom is -0.495 e. The molecular weight excluding hydrogens is 280 g/mol. The topological polar surface area (TPSA) is 59.6 Å². The number of rotatable bonds is 4. The fraction of sp³-hybridized carbons (Fsp3) is 0.588. The predicted molar refractivity (Wildman–Crippen MR) is 87.5 cm³/mol. The first kappa shape index (κ1) is 16.6. The number of amides is 1. The fourth-order valence-electron chi connectivity index (χ4n) is 2.60. The number of carbonyl (C=O) groups excluding carboxylic acids is 1. The molecule has 5 nitrogen and oxygen atoms in total. The van der Waals surface area contributed by atoms with E-state index in [4.69, 9.17) is 9.47 Å². The number of anilines is 1. The molecule has 2 rings (SSSR count). The Morgan fingerprint density at radius 1 is 1.41 bits per heavy atom. The van der Waals surface area contributed by atoms with Crippen LogP contribution in [0.5, 0.6) is 5.75 Å². The third-order valence-electron chi connectivity index (χ3n) is 3.59. The molecule has 1 unspecified atom stereocenters. The van der Waals surface area contributed by atoms with Gasteiger partial charge in [0, 0.05) is 0 Å². The summed E-state index contributed by atoms with van der Waals surface area (Å²) in [5.41, 5.74) is 1.33. The van der Waals surface area contributed by atoms with Crippen LogP contribution in [0.4, 0.5) is 10.5 Å². The molecule has 0 radical (unpaired) electrons. The van der Waals surface area contributed by atoms with E-state index in [0.717, 1.165) is 19.5 Å². The highest BCUT2D eigenvalue weighted by molar-refractivity contribution is 5.87. The quantitative estimate of drug-likeness (QED) is 0.897. The van der Waals surface area contributed by atoms with Crippen molar-refractivity contribution in [3.8, 4) is 5.75 Å². The van der Waals surface area contributed by atoms with E-state index in [1.165, 1.54) is 12.0 Å². The van der Waals surface area contributed by atoms with Gasteiger partial charge in [-0.25, -0.2) is 4.79 Å². The fourth-order valence-corrected chi connectivity index (χ4v) is 2.60. The van der Waals surface area contributed by atoms with Crippen molar-refractivity contribution in [1.82, 2.24) is 5.32 Å². The van der Waals surface area contributed by atoms with Gasteiger partial charge in [-0.1, -0.05) is 6.07 Å². The summed E-state index contributed by atoms with van der Waals surface area (Å²) in [6, 6.07) is 5.90. The van der Waals surface area contributed by atoms with E-state index in [9.17, 15) is 4.79 Å². The Balaban J connectivity index is 2.03. The van der Waals surface area contributed by atoms with Crippen molar-refractivity contribution in [2.75, 3.05) is 25.5 Å². The van der Waals surface area contributed by atoms with Crippen LogP contribution in [0.2, 0.25) is 0 Å². The minimum atomic E-state index is -0.521. The number of ether oxygens (including phenoxy) is 2. The molecule has 1 heterocycles. The van der Waals surface area contributed by atoms with Crippen molar-refractivity contribution in [2.45, 2.75) is 39.2 Å². The molecule has 5 heteroatoms. The maximum atomic E-state index is 11.9. The zero-order chi connectivity index (χ0) is 16.2. The Morgan fingerprint density at radius 2 is 2.18 bits per heavy atom. The highest BCUT2D eigenvalue weighted by atomic mass is 16.6. The monoisotopic (exact) mass is 306 g/mol. The molecule has 1 atom stereocenters. The Labute approximate surface area is 132 Å². The summed E-state index contributed by atoms with van der Waals surface area (Å²) in [7, 11) is 1.61. The summed E-state index contributed by atoms with van der Waals surface area (Å²) in [5, 5.41) is 6.12. The smallest absolute Gasteiger partial charge is 0.412 e. The van der Waals surface area contributed by atoms with E-state index in [1.807, 2.05) is 39.0 Å². The van der Waals surface area contributed by atoms with Crippen LogP contribution in [-0.2, 0) is 11.2 Å². The summed E-state index contributed by atoms with van der Waals surface area (Å²) in [5.74, 6) is 1.34. The SMILES string of the molecule is COc1cc(CC2CCNC2)ccc1NC(=O)OC(C)(C)C. The number of methoxy groups -OCH3 is 1. The van der Waals surface area contributed by atoms with Crippen LogP contribution in [0.25, 0.3) is 0 Å².